The van der Waals surface area contributed by atoms with E-state index < -0.39 is 0 Å². The average molecular weight is 398 g/mol. The van der Waals surface area contributed by atoms with Crippen molar-refractivity contribution >= 4 is 27.8 Å². The Labute approximate surface area is 152 Å². The van der Waals surface area contributed by atoms with E-state index in [0.29, 0.717) is 19.0 Å². The molecule has 6 nitrogen and oxygen atoms in total. The van der Waals surface area contributed by atoms with E-state index in [2.05, 4.69) is 47.1 Å². The second-order valence-electron chi connectivity index (χ2n) is 6.39. The molecule has 0 saturated heterocycles. The third-order valence-electron chi connectivity index (χ3n) is 4.40. The van der Waals surface area contributed by atoms with Crippen molar-refractivity contribution in [2.75, 3.05) is 20.6 Å². The van der Waals surface area contributed by atoms with E-state index in [-0.39, 0.29) is 5.91 Å². The molecule has 0 atom stereocenters. The topological polar surface area (TPSA) is 61.7 Å². The monoisotopic (exact) mass is 397 g/mol. The number of hydrogen-bond acceptors (Lipinski definition) is 2. The number of guanidine groups is 1. The van der Waals surface area contributed by atoms with Crippen LogP contribution in [0, 0.1) is 0 Å². The summed E-state index contributed by atoms with van der Waals surface area (Å²) in [6, 6.07) is 2.48. The Hall–Kier alpha value is -1.50. The van der Waals surface area contributed by atoms with Gasteiger partial charge < -0.3 is 20.1 Å². The third kappa shape index (κ3) is 5.54. The Kier molecular flexibility index (Phi) is 7.15. The number of aromatic nitrogens is 1. The van der Waals surface area contributed by atoms with Gasteiger partial charge in [-0.25, -0.2) is 0 Å². The minimum atomic E-state index is 0.124. The summed E-state index contributed by atoms with van der Waals surface area (Å²) in [4.78, 5) is 18.3. The maximum absolute atomic E-state index is 12.0. The second kappa shape index (κ2) is 9.11. The van der Waals surface area contributed by atoms with Crippen LogP contribution in [0.25, 0.3) is 0 Å². The maximum atomic E-state index is 12.0. The molecule has 2 rings (SSSR count). The van der Waals surface area contributed by atoms with Gasteiger partial charge in [0.1, 0.15) is 0 Å². The second-order valence-corrected chi connectivity index (χ2v) is 7.31. The largest absolute Gasteiger partial charge is 0.356 e. The summed E-state index contributed by atoms with van der Waals surface area (Å²) in [5.41, 5.74) is 1.19. The Morgan fingerprint density at radius 1 is 1.46 bits per heavy atom. The first kappa shape index (κ1) is 18.8. The molecule has 0 unspecified atom stereocenters. The number of carbonyl (C=O) groups is 1. The van der Waals surface area contributed by atoms with Crippen LogP contribution < -0.4 is 10.6 Å². The van der Waals surface area contributed by atoms with Gasteiger partial charge in [0.05, 0.1) is 6.54 Å². The van der Waals surface area contributed by atoms with Gasteiger partial charge >= 0.3 is 0 Å². The van der Waals surface area contributed by atoms with Crippen LogP contribution in [0.3, 0.4) is 0 Å². The molecule has 1 aromatic rings. The fourth-order valence-corrected chi connectivity index (χ4v) is 3.66. The van der Waals surface area contributed by atoms with Crippen LogP contribution in [0.5, 0.6) is 0 Å². The molecular weight excluding hydrogens is 370 g/mol. The predicted octanol–water partition coefficient (Wildman–Crippen LogP) is 2.24. The van der Waals surface area contributed by atoms with Crippen molar-refractivity contribution in [2.45, 2.75) is 44.7 Å². The van der Waals surface area contributed by atoms with Gasteiger partial charge in [-0.1, -0.05) is 12.8 Å². The number of halogens is 1. The molecule has 7 heteroatoms. The number of aliphatic imine (C=N–C) groups is 1. The highest BCUT2D eigenvalue weighted by Crippen LogP contribution is 2.17. The summed E-state index contributed by atoms with van der Waals surface area (Å²) in [7, 11) is 5.78. The fraction of sp³-hybridized carbons (Fsp3) is 0.647. The van der Waals surface area contributed by atoms with Gasteiger partial charge in [-0.15, -0.1) is 0 Å². The van der Waals surface area contributed by atoms with E-state index in [1.54, 1.807) is 7.05 Å². The first-order chi connectivity index (χ1) is 11.5. The van der Waals surface area contributed by atoms with Crippen LogP contribution in [0.2, 0.25) is 0 Å². The number of carbonyl (C=O) groups excluding carboxylic acids is 1. The molecule has 1 aromatic heterocycles. The summed E-state index contributed by atoms with van der Waals surface area (Å²) in [6.45, 7) is 1.34. The van der Waals surface area contributed by atoms with Crippen LogP contribution >= 0.6 is 15.9 Å². The highest BCUT2D eigenvalue weighted by atomic mass is 79.9. The predicted molar refractivity (Wildman–Crippen MR) is 101 cm³/mol. The number of nitrogens with one attached hydrogen (secondary N) is 2. The molecule has 1 amide bonds. The summed E-state index contributed by atoms with van der Waals surface area (Å²) < 4.78 is 3.16. The molecule has 1 aliphatic rings. The molecule has 1 aliphatic carbocycles. The number of nitrogens with zero attached hydrogens (tertiary/aromatic N) is 3. The first-order valence-electron chi connectivity index (χ1n) is 8.51. The van der Waals surface area contributed by atoms with Crippen molar-refractivity contribution in [3.63, 3.8) is 0 Å². The van der Waals surface area contributed by atoms with E-state index in [9.17, 15) is 4.79 Å². The Balaban J connectivity index is 1.74. The summed E-state index contributed by atoms with van der Waals surface area (Å²) in [5, 5.41) is 6.37. The molecule has 24 heavy (non-hydrogen) atoms. The molecule has 0 aliphatic heterocycles. The SMILES string of the molecule is CN=C(NCCC(=O)NC1CCCC1)N(C)Cc1cc(Br)cn1C. The van der Waals surface area contributed by atoms with Gasteiger partial charge in [0.25, 0.3) is 0 Å². The number of amides is 1. The highest BCUT2D eigenvalue weighted by molar-refractivity contribution is 9.10. The summed E-state index contributed by atoms with van der Waals surface area (Å²) >= 11 is 3.49. The van der Waals surface area contributed by atoms with E-state index in [4.69, 9.17) is 0 Å². The quantitative estimate of drug-likeness (QED) is 0.571. The van der Waals surface area contributed by atoms with Gasteiger partial charge in [-0.05, 0) is 34.8 Å². The van der Waals surface area contributed by atoms with Crippen LogP contribution in [0.1, 0.15) is 37.8 Å². The number of rotatable bonds is 6. The van der Waals surface area contributed by atoms with E-state index >= 15 is 0 Å². The van der Waals surface area contributed by atoms with Crippen molar-refractivity contribution in [2.24, 2.45) is 12.0 Å². The third-order valence-corrected chi connectivity index (χ3v) is 4.84. The maximum Gasteiger partial charge on any atom is 0.221 e. The Morgan fingerprint density at radius 3 is 2.75 bits per heavy atom. The molecule has 0 radical (unpaired) electrons. The first-order valence-corrected chi connectivity index (χ1v) is 9.30. The number of aryl methyl sites for hydroxylation is 1. The Morgan fingerprint density at radius 2 is 2.17 bits per heavy atom. The van der Waals surface area contributed by atoms with Crippen molar-refractivity contribution in [1.29, 1.82) is 0 Å². The van der Waals surface area contributed by atoms with Crippen molar-refractivity contribution in [1.82, 2.24) is 20.1 Å². The molecule has 1 fully saturated rings. The van der Waals surface area contributed by atoms with Gasteiger partial charge in [0.2, 0.25) is 5.91 Å². The van der Waals surface area contributed by atoms with E-state index in [1.807, 2.05) is 20.3 Å². The van der Waals surface area contributed by atoms with Gasteiger partial charge in [0.15, 0.2) is 5.96 Å². The van der Waals surface area contributed by atoms with Crippen molar-refractivity contribution in [3.05, 3.63) is 22.4 Å². The van der Waals surface area contributed by atoms with Gasteiger partial charge in [0, 0.05) is 56.5 Å². The lowest BCUT2D eigenvalue weighted by Gasteiger charge is -2.22. The Bertz CT molecular complexity index is 578. The standard InChI is InChI=1S/C17H28BrN5O/c1-19-17(23(3)12-15-10-13(18)11-22(15)2)20-9-8-16(24)21-14-6-4-5-7-14/h10-11,14H,4-9,12H2,1-3H3,(H,19,20)(H,21,24). The van der Waals surface area contributed by atoms with E-state index in [0.717, 1.165) is 29.8 Å². The molecule has 0 spiro atoms. The molecular formula is C17H28BrN5O. The summed E-state index contributed by atoms with van der Waals surface area (Å²) in [6.07, 6.45) is 7.21. The smallest absolute Gasteiger partial charge is 0.221 e. The van der Waals surface area contributed by atoms with Crippen LogP contribution in [0.4, 0.5) is 0 Å². The van der Waals surface area contributed by atoms with Crippen LogP contribution in [-0.2, 0) is 18.4 Å². The lowest BCUT2D eigenvalue weighted by Crippen LogP contribution is -2.41. The zero-order chi connectivity index (χ0) is 17.5. The molecule has 2 N–H and O–H groups in total. The highest BCUT2D eigenvalue weighted by Gasteiger charge is 2.17. The fourth-order valence-electron chi connectivity index (χ4n) is 3.08. The van der Waals surface area contributed by atoms with Crippen LogP contribution in [-0.4, -0.2) is 48.0 Å². The normalized spacial score (nSPS) is 15.6. The molecule has 0 aromatic carbocycles. The van der Waals surface area contributed by atoms with Crippen molar-refractivity contribution < 1.29 is 4.79 Å². The van der Waals surface area contributed by atoms with Gasteiger partial charge in [-0.2, -0.15) is 0 Å². The van der Waals surface area contributed by atoms with Crippen molar-refractivity contribution in [3.8, 4) is 0 Å². The zero-order valence-electron chi connectivity index (χ0n) is 14.8. The van der Waals surface area contributed by atoms with E-state index in [1.165, 1.54) is 18.5 Å². The summed E-state index contributed by atoms with van der Waals surface area (Å²) in [5.74, 6) is 0.917. The average Bonchev–Trinajstić information content (AvgIpc) is 3.13. The number of hydrogen-bond donors (Lipinski definition) is 2. The molecule has 0 bridgehead atoms. The lowest BCUT2D eigenvalue weighted by atomic mass is 10.2. The molecule has 1 saturated carbocycles. The lowest BCUT2D eigenvalue weighted by molar-refractivity contribution is -0.121. The minimum Gasteiger partial charge on any atom is -0.356 e. The minimum absolute atomic E-state index is 0.124. The molecule has 1 heterocycles. The zero-order valence-corrected chi connectivity index (χ0v) is 16.4. The van der Waals surface area contributed by atoms with Crippen LogP contribution in [0.15, 0.2) is 21.7 Å². The molecule has 134 valence electrons. The van der Waals surface area contributed by atoms with Gasteiger partial charge in [-0.3, -0.25) is 9.79 Å².